The van der Waals surface area contributed by atoms with Gasteiger partial charge in [0.05, 0.1) is 4.90 Å². The summed E-state index contributed by atoms with van der Waals surface area (Å²) in [6.45, 7) is 1.15. The summed E-state index contributed by atoms with van der Waals surface area (Å²) in [5.74, 6) is 1.09. The average Bonchev–Trinajstić information content (AvgIpc) is 3.24. The maximum Gasteiger partial charge on any atom is 0.276 e. The lowest BCUT2D eigenvalue weighted by atomic mass is 10.2. The Balaban J connectivity index is 1.44. The maximum atomic E-state index is 12.9. The molecule has 9 heteroatoms. The van der Waals surface area contributed by atoms with Crippen LogP contribution in [0.2, 0.25) is 0 Å². The van der Waals surface area contributed by atoms with Gasteiger partial charge in [-0.25, -0.2) is 8.42 Å². The molecule has 29 heavy (non-hydrogen) atoms. The monoisotopic (exact) mass is 430 g/mol. The Morgan fingerprint density at radius 1 is 1.03 bits per heavy atom. The lowest BCUT2D eigenvalue weighted by Crippen LogP contribution is -2.35. The summed E-state index contributed by atoms with van der Waals surface area (Å²) in [6.07, 6.45) is 5.46. The summed E-state index contributed by atoms with van der Waals surface area (Å²) in [5, 5.41) is 8.62. The number of nitrogens with zero attached hydrogens (tertiary/aromatic N) is 4. The molecule has 3 heterocycles. The quantitative estimate of drug-likeness (QED) is 0.529. The van der Waals surface area contributed by atoms with Gasteiger partial charge in [0.2, 0.25) is 15.9 Å². The van der Waals surface area contributed by atoms with E-state index in [0.717, 1.165) is 37.1 Å². The molecule has 4 rings (SSSR count). The molecule has 1 aliphatic heterocycles. The van der Waals surface area contributed by atoms with Crippen molar-refractivity contribution in [2.24, 2.45) is 0 Å². The molecule has 0 amide bonds. The number of benzene rings is 1. The second-order valence-electron chi connectivity index (χ2n) is 6.79. The number of aromatic nitrogens is 3. The van der Waals surface area contributed by atoms with E-state index < -0.39 is 10.0 Å². The summed E-state index contributed by atoms with van der Waals surface area (Å²) in [4.78, 5) is 4.56. The Labute approximate surface area is 174 Å². The van der Waals surface area contributed by atoms with Crippen molar-refractivity contribution in [3.63, 3.8) is 0 Å². The highest BCUT2D eigenvalue weighted by Crippen LogP contribution is 2.27. The fourth-order valence-corrected chi connectivity index (χ4v) is 5.50. The van der Waals surface area contributed by atoms with Crippen LogP contribution in [-0.2, 0) is 16.4 Å². The second-order valence-corrected chi connectivity index (χ2v) is 9.77. The minimum absolute atomic E-state index is 0.263. The van der Waals surface area contributed by atoms with E-state index >= 15 is 0 Å². The van der Waals surface area contributed by atoms with Crippen molar-refractivity contribution >= 4 is 21.8 Å². The molecule has 1 aliphatic rings. The summed E-state index contributed by atoms with van der Waals surface area (Å²) >= 11 is 1.46. The number of thioether (sulfide) groups is 1. The fourth-order valence-electron chi connectivity index (χ4n) is 3.22. The SMILES string of the molecule is O=S(=O)(c1cccc(-c2nnc(SCCc3ccccn3)o2)c1)N1CCCCC1. The molecular weight excluding hydrogens is 408 g/mol. The summed E-state index contributed by atoms with van der Waals surface area (Å²) in [6, 6.07) is 12.6. The number of pyridine rings is 1. The highest BCUT2D eigenvalue weighted by Gasteiger charge is 2.26. The molecule has 0 N–H and O–H groups in total. The molecule has 0 aliphatic carbocycles. The van der Waals surface area contributed by atoms with Gasteiger partial charge >= 0.3 is 0 Å². The van der Waals surface area contributed by atoms with Gasteiger partial charge in [0.25, 0.3) is 5.22 Å². The van der Waals surface area contributed by atoms with E-state index in [1.54, 1.807) is 34.8 Å². The Morgan fingerprint density at radius 3 is 2.69 bits per heavy atom. The first-order chi connectivity index (χ1) is 14.1. The highest BCUT2D eigenvalue weighted by molar-refractivity contribution is 7.99. The summed E-state index contributed by atoms with van der Waals surface area (Å²) < 4.78 is 33.1. The highest BCUT2D eigenvalue weighted by atomic mass is 32.2. The zero-order valence-corrected chi connectivity index (χ0v) is 17.5. The fraction of sp³-hybridized carbons (Fsp3) is 0.350. The van der Waals surface area contributed by atoms with Crippen LogP contribution in [0, 0.1) is 0 Å². The molecule has 1 fully saturated rings. The van der Waals surface area contributed by atoms with Crippen LogP contribution in [0.25, 0.3) is 11.5 Å². The number of hydrogen-bond donors (Lipinski definition) is 0. The molecule has 0 radical (unpaired) electrons. The number of sulfonamides is 1. The predicted octanol–water partition coefficient (Wildman–Crippen LogP) is 3.64. The van der Waals surface area contributed by atoms with Gasteiger partial charge in [0.15, 0.2) is 0 Å². The predicted molar refractivity (Wildman–Crippen MR) is 111 cm³/mol. The standard InChI is InChI=1S/C20H22N4O3S2/c25-29(26,24-12-4-1-5-13-24)18-9-6-7-16(15-18)19-22-23-20(27-19)28-14-10-17-8-2-3-11-21-17/h2-3,6-9,11,15H,1,4-5,10,12-14H2. The Hall–Kier alpha value is -2.23. The van der Waals surface area contributed by atoms with Crippen molar-refractivity contribution in [2.45, 2.75) is 35.8 Å². The lowest BCUT2D eigenvalue weighted by molar-refractivity contribution is 0.346. The normalized spacial score (nSPS) is 15.4. The van der Waals surface area contributed by atoms with E-state index in [2.05, 4.69) is 15.2 Å². The Kier molecular flexibility index (Phi) is 6.27. The molecule has 0 unspecified atom stereocenters. The third-order valence-corrected chi connectivity index (χ3v) is 7.46. The van der Waals surface area contributed by atoms with Gasteiger partial charge in [-0.05, 0) is 49.6 Å². The van der Waals surface area contributed by atoms with Crippen LogP contribution in [0.4, 0.5) is 0 Å². The van der Waals surface area contributed by atoms with Crippen molar-refractivity contribution < 1.29 is 12.8 Å². The van der Waals surface area contributed by atoms with Crippen molar-refractivity contribution in [2.75, 3.05) is 18.8 Å². The molecule has 7 nitrogen and oxygen atoms in total. The van der Waals surface area contributed by atoms with E-state index in [9.17, 15) is 8.42 Å². The van der Waals surface area contributed by atoms with Gasteiger partial charge < -0.3 is 4.42 Å². The number of rotatable bonds is 7. The molecule has 1 aromatic carbocycles. The molecule has 1 saturated heterocycles. The largest absolute Gasteiger partial charge is 0.411 e. The first-order valence-electron chi connectivity index (χ1n) is 9.60. The number of hydrogen-bond acceptors (Lipinski definition) is 7. The van der Waals surface area contributed by atoms with E-state index in [1.165, 1.54) is 11.8 Å². The van der Waals surface area contributed by atoms with Crippen LogP contribution < -0.4 is 0 Å². The zero-order valence-electron chi connectivity index (χ0n) is 15.9. The van der Waals surface area contributed by atoms with Crippen LogP contribution in [0.3, 0.4) is 0 Å². The van der Waals surface area contributed by atoms with Crippen LogP contribution in [0.1, 0.15) is 25.0 Å². The third-order valence-electron chi connectivity index (χ3n) is 4.75. The molecule has 0 saturated carbocycles. The lowest BCUT2D eigenvalue weighted by Gasteiger charge is -2.25. The van der Waals surface area contributed by atoms with Gasteiger partial charge in [-0.2, -0.15) is 4.31 Å². The molecule has 152 valence electrons. The number of piperidine rings is 1. The Morgan fingerprint density at radius 2 is 1.90 bits per heavy atom. The topological polar surface area (TPSA) is 89.2 Å². The first kappa shape index (κ1) is 20.1. The van der Waals surface area contributed by atoms with E-state index in [0.29, 0.717) is 29.8 Å². The minimum atomic E-state index is -3.50. The smallest absolute Gasteiger partial charge is 0.276 e. The second kappa shape index (κ2) is 9.06. The maximum absolute atomic E-state index is 12.9. The third kappa shape index (κ3) is 4.85. The average molecular weight is 431 g/mol. The first-order valence-corrected chi connectivity index (χ1v) is 12.0. The van der Waals surface area contributed by atoms with E-state index in [-0.39, 0.29) is 4.90 Å². The van der Waals surface area contributed by atoms with Crippen molar-refractivity contribution in [1.82, 2.24) is 19.5 Å². The van der Waals surface area contributed by atoms with Crippen LogP contribution >= 0.6 is 11.8 Å². The van der Waals surface area contributed by atoms with Crippen LogP contribution in [0.5, 0.6) is 0 Å². The molecular formula is C20H22N4O3S2. The van der Waals surface area contributed by atoms with Gasteiger partial charge in [0.1, 0.15) is 0 Å². The molecule has 0 spiro atoms. The summed E-state index contributed by atoms with van der Waals surface area (Å²) in [5.41, 5.74) is 1.61. The van der Waals surface area contributed by atoms with Crippen LogP contribution in [0.15, 0.2) is 63.2 Å². The molecule has 0 atom stereocenters. The van der Waals surface area contributed by atoms with Crippen molar-refractivity contribution in [3.8, 4) is 11.5 Å². The van der Waals surface area contributed by atoms with Crippen molar-refractivity contribution in [1.29, 1.82) is 0 Å². The van der Waals surface area contributed by atoms with Gasteiger partial charge in [-0.1, -0.05) is 30.3 Å². The molecule has 2 aromatic heterocycles. The zero-order chi connectivity index (χ0) is 20.1. The van der Waals surface area contributed by atoms with Crippen LogP contribution in [-0.4, -0.2) is 46.7 Å². The van der Waals surface area contributed by atoms with E-state index in [4.69, 9.17) is 4.42 Å². The van der Waals surface area contributed by atoms with Gasteiger partial charge in [-0.15, -0.1) is 10.2 Å². The van der Waals surface area contributed by atoms with E-state index in [1.807, 2.05) is 18.2 Å². The Bertz CT molecular complexity index is 1050. The molecule has 3 aromatic rings. The van der Waals surface area contributed by atoms with Gasteiger partial charge in [0, 0.05) is 36.3 Å². The number of aryl methyl sites for hydroxylation is 1. The van der Waals surface area contributed by atoms with Gasteiger partial charge in [-0.3, -0.25) is 4.98 Å². The minimum Gasteiger partial charge on any atom is -0.411 e. The van der Waals surface area contributed by atoms with Crippen molar-refractivity contribution in [3.05, 3.63) is 54.4 Å². The molecule has 0 bridgehead atoms. The summed E-state index contributed by atoms with van der Waals surface area (Å²) in [7, 11) is -3.50.